The average Bonchev–Trinajstić information content (AvgIpc) is 2.52. The molecule has 7 heteroatoms. The molecule has 0 bridgehead atoms. The van der Waals surface area contributed by atoms with Crippen molar-refractivity contribution in [2.75, 3.05) is 0 Å². The summed E-state index contributed by atoms with van der Waals surface area (Å²) >= 11 is 0. The lowest BCUT2D eigenvalue weighted by Gasteiger charge is -2.12. The van der Waals surface area contributed by atoms with Crippen LogP contribution in [0, 0.1) is 0 Å². The molecule has 1 N–H and O–H groups in total. The lowest BCUT2D eigenvalue weighted by atomic mass is 9.97. The molecule has 0 unspecified atom stereocenters. The molecule has 2 rings (SSSR count). The third-order valence-corrected chi connectivity index (χ3v) is 3.70. The second kappa shape index (κ2) is 6.90. The number of halogens is 3. The molecule has 1 heterocycles. The number of carbonyl (C=O) groups is 1. The topological polar surface area (TPSA) is 59.3 Å². The Bertz CT molecular complexity index is 792. The summed E-state index contributed by atoms with van der Waals surface area (Å²) in [6.07, 6.45) is -2.87. The van der Waals surface area contributed by atoms with Gasteiger partial charge in [0.15, 0.2) is 0 Å². The van der Waals surface area contributed by atoms with Gasteiger partial charge in [-0.25, -0.2) is 9.36 Å². The van der Waals surface area contributed by atoms with Gasteiger partial charge in [0.25, 0.3) is 5.56 Å². The number of carboxylic acid groups (broad SMARTS) is 1. The van der Waals surface area contributed by atoms with E-state index < -0.39 is 23.4 Å². The van der Waals surface area contributed by atoms with Crippen LogP contribution in [0.2, 0.25) is 0 Å². The van der Waals surface area contributed by atoms with Crippen molar-refractivity contribution >= 4 is 6.09 Å². The SMILES string of the molecule is CCCCc1c(-c2ccc(C(F)(F)F)cc2)ccn(C(=O)O)c1=O. The van der Waals surface area contributed by atoms with E-state index in [0.29, 0.717) is 34.1 Å². The summed E-state index contributed by atoms with van der Waals surface area (Å²) < 4.78 is 38.5. The number of rotatable bonds is 4. The normalized spacial score (nSPS) is 11.5. The van der Waals surface area contributed by atoms with E-state index in [2.05, 4.69) is 0 Å². The number of hydrogen-bond acceptors (Lipinski definition) is 2. The lowest BCUT2D eigenvalue weighted by molar-refractivity contribution is -0.137. The molecule has 0 aliphatic heterocycles. The Hall–Kier alpha value is -2.57. The summed E-state index contributed by atoms with van der Waals surface area (Å²) in [5.74, 6) is 0. The Morgan fingerprint density at radius 3 is 2.29 bits per heavy atom. The summed E-state index contributed by atoms with van der Waals surface area (Å²) in [4.78, 5) is 23.4. The molecule has 0 radical (unpaired) electrons. The molecule has 2 aromatic rings. The molecular formula is C17H16F3NO3. The molecule has 0 atom stereocenters. The Kier molecular flexibility index (Phi) is 5.11. The van der Waals surface area contributed by atoms with Crippen LogP contribution in [0.5, 0.6) is 0 Å². The van der Waals surface area contributed by atoms with E-state index in [1.165, 1.54) is 18.2 Å². The largest absolute Gasteiger partial charge is 0.464 e. The van der Waals surface area contributed by atoms with Crippen LogP contribution in [0.3, 0.4) is 0 Å². The summed E-state index contributed by atoms with van der Waals surface area (Å²) in [5.41, 5.74) is -0.237. The molecule has 1 aromatic carbocycles. The molecule has 4 nitrogen and oxygen atoms in total. The predicted molar refractivity (Wildman–Crippen MR) is 83.2 cm³/mol. The van der Waals surface area contributed by atoms with Crippen LogP contribution in [0.1, 0.15) is 30.9 Å². The van der Waals surface area contributed by atoms with Crippen molar-refractivity contribution in [3.8, 4) is 11.1 Å². The predicted octanol–water partition coefficient (Wildman–Crippen LogP) is 4.40. The van der Waals surface area contributed by atoms with Gasteiger partial charge < -0.3 is 5.11 Å². The fraction of sp³-hybridized carbons (Fsp3) is 0.294. The molecule has 0 aliphatic carbocycles. The Morgan fingerprint density at radius 2 is 1.79 bits per heavy atom. The van der Waals surface area contributed by atoms with Gasteiger partial charge in [-0.2, -0.15) is 13.2 Å². The van der Waals surface area contributed by atoms with E-state index in [-0.39, 0.29) is 0 Å². The zero-order valence-corrected chi connectivity index (χ0v) is 12.9. The van der Waals surface area contributed by atoms with Crippen molar-refractivity contribution < 1.29 is 23.1 Å². The maximum absolute atomic E-state index is 12.7. The highest BCUT2D eigenvalue weighted by atomic mass is 19.4. The monoisotopic (exact) mass is 339 g/mol. The summed E-state index contributed by atoms with van der Waals surface area (Å²) in [6.45, 7) is 1.93. The van der Waals surface area contributed by atoms with Crippen LogP contribution in [0.25, 0.3) is 11.1 Å². The second-order valence-corrected chi connectivity index (χ2v) is 5.34. The number of hydrogen-bond donors (Lipinski definition) is 1. The molecule has 0 saturated carbocycles. The number of alkyl halides is 3. The maximum Gasteiger partial charge on any atom is 0.418 e. The number of unbranched alkanes of at least 4 members (excludes halogenated alkanes) is 1. The van der Waals surface area contributed by atoms with Gasteiger partial charge in [0, 0.05) is 11.8 Å². The maximum atomic E-state index is 12.7. The van der Waals surface area contributed by atoms with Gasteiger partial charge in [-0.3, -0.25) is 4.79 Å². The first kappa shape index (κ1) is 17.8. The average molecular weight is 339 g/mol. The van der Waals surface area contributed by atoms with Crippen LogP contribution in [0.4, 0.5) is 18.0 Å². The van der Waals surface area contributed by atoms with E-state index in [4.69, 9.17) is 5.11 Å². The molecule has 1 aromatic heterocycles. The molecule has 0 spiro atoms. The first-order valence-electron chi connectivity index (χ1n) is 7.41. The fourth-order valence-corrected chi connectivity index (χ4v) is 2.43. The van der Waals surface area contributed by atoms with Gasteiger partial charge >= 0.3 is 12.3 Å². The van der Waals surface area contributed by atoms with Gasteiger partial charge in [-0.05, 0) is 42.2 Å². The van der Waals surface area contributed by atoms with Crippen LogP contribution in [0.15, 0.2) is 41.3 Å². The van der Waals surface area contributed by atoms with Crippen LogP contribution in [-0.4, -0.2) is 15.8 Å². The Labute approximate surface area is 136 Å². The number of nitrogens with zero attached hydrogens (tertiary/aromatic N) is 1. The van der Waals surface area contributed by atoms with Crippen LogP contribution < -0.4 is 5.56 Å². The first-order valence-corrected chi connectivity index (χ1v) is 7.41. The number of aromatic nitrogens is 1. The van der Waals surface area contributed by atoms with Crippen molar-refractivity contribution in [3.63, 3.8) is 0 Å². The van der Waals surface area contributed by atoms with Gasteiger partial charge in [0.1, 0.15) is 0 Å². The van der Waals surface area contributed by atoms with Crippen molar-refractivity contribution in [3.05, 3.63) is 58.0 Å². The minimum atomic E-state index is -4.43. The molecule has 0 fully saturated rings. The van der Waals surface area contributed by atoms with E-state index in [1.54, 1.807) is 0 Å². The van der Waals surface area contributed by atoms with Crippen molar-refractivity contribution in [1.29, 1.82) is 0 Å². The molecule has 0 saturated heterocycles. The highest BCUT2D eigenvalue weighted by Gasteiger charge is 2.30. The second-order valence-electron chi connectivity index (χ2n) is 5.34. The Balaban J connectivity index is 2.55. The van der Waals surface area contributed by atoms with Crippen LogP contribution >= 0.6 is 0 Å². The minimum absolute atomic E-state index is 0.293. The zero-order chi connectivity index (χ0) is 17.9. The quantitative estimate of drug-likeness (QED) is 0.898. The summed E-state index contributed by atoms with van der Waals surface area (Å²) in [5, 5.41) is 9.04. The van der Waals surface area contributed by atoms with Gasteiger partial charge in [-0.1, -0.05) is 25.5 Å². The summed E-state index contributed by atoms with van der Waals surface area (Å²) in [6, 6.07) is 5.92. The molecule has 0 aliphatic rings. The van der Waals surface area contributed by atoms with Gasteiger partial charge in [-0.15, -0.1) is 0 Å². The molecular weight excluding hydrogens is 323 g/mol. The Morgan fingerprint density at radius 1 is 1.17 bits per heavy atom. The fourth-order valence-electron chi connectivity index (χ4n) is 2.43. The van der Waals surface area contributed by atoms with E-state index in [0.717, 1.165) is 24.8 Å². The minimum Gasteiger partial charge on any atom is -0.464 e. The third-order valence-electron chi connectivity index (χ3n) is 3.70. The lowest BCUT2D eigenvalue weighted by Crippen LogP contribution is -2.28. The van der Waals surface area contributed by atoms with Crippen molar-refractivity contribution in [2.24, 2.45) is 0 Å². The van der Waals surface area contributed by atoms with E-state index in [9.17, 15) is 22.8 Å². The van der Waals surface area contributed by atoms with E-state index in [1.807, 2.05) is 6.92 Å². The molecule has 128 valence electrons. The highest BCUT2D eigenvalue weighted by Crippen LogP contribution is 2.31. The number of pyridine rings is 1. The standard InChI is InChI=1S/C17H16F3NO3/c1-2-3-4-14-13(9-10-21(15(14)22)16(23)24)11-5-7-12(8-6-11)17(18,19)20/h5-10H,2-4H2,1H3,(H,23,24). The van der Waals surface area contributed by atoms with Crippen LogP contribution in [-0.2, 0) is 12.6 Å². The number of benzene rings is 1. The van der Waals surface area contributed by atoms with Crippen molar-refractivity contribution in [1.82, 2.24) is 4.57 Å². The van der Waals surface area contributed by atoms with Gasteiger partial charge in [0.05, 0.1) is 5.56 Å². The zero-order valence-electron chi connectivity index (χ0n) is 12.9. The van der Waals surface area contributed by atoms with Gasteiger partial charge in [0.2, 0.25) is 0 Å². The highest BCUT2D eigenvalue weighted by molar-refractivity contribution is 5.72. The first-order chi connectivity index (χ1) is 11.3. The summed E-state index contributed by atoms with van der Waals surface area (Å²) in [7, 11) is 0. The molecule has 24 heavy (non-hydrogen) atoms. The van der Waals surface area contributed by atoms with Crippen molar-refractivity contribution in [2.45, 2.75) is 32.4 Å². The third kappa shape index (κ3) is 3.67. The molecule has 0 amide bonds. The van der Waals surface area contributed by atoms with E-state index >= 15 is 0 Å². The smallest absolute Gasteiger partial charge is 0.418 e.